The quantitative estimate of drug-likeness (QED) is 0.780. The van der Waals surface area contributed by atoms with Crippen LogP contribution >= 0.6 is 0 Å². The largest absolute Gasteiger partial charge is 0.435 e. The molecule has 126 valence electrons. The Morgan fingerprint density at radius 3 is 2.71 bits per heavy atom. The van der Waals surface area contributed by atoms with Gasteiger partial charge in [0.25, 0.3) is 5.91 Å². The van der Waals surface area contributed by atoms with Gasteiger partial charge in [0.2, 0.25) is 5.76 Å². The molecule has 3 rings (SSSR count). The van der Waals surface area contributed by atoms with Crippen LogP contribution in [0.15, 0.2) is 28.7 Å². The molecule has 0 fully saturated rings. The lowest BCUT2D eigenvalue weighted by atomic mass is 10.3. The fraction of sp³-hybridized carbons (Fsp3) is 0.389. The first-order chi connectivity index (χ1) is 11.5. The number of amides is 1. The monoisotopic (exact) mass is 326 g/mol. The number of nitrogens with one attached hydrogen (secondary N) is 1. The Kier molecular flexibility index (Phi) is 4.38. The van der Waals surface area contributed by atoms with Crippen molar-refractivity contribution in [2.24, 2.45) is 0 Å². The van der Waals surface area contributed by atoms with Crippen molar-refractivity contribution in [2.75, 3.05) is 0 Å². The zero-order valence-electron chi connectivity index (χ0n) is 14.5. The van der Waals surface area contributed by atoms with Gasteiger partial charge in [0.1, 0.15) is 5.82 Å². The molecule has 1 aromatic carbocycles. The van der Waals surface area contributed by atoms with Gasteiger partial charge in [-0.1, -0.05) is 19.1 Å². The predicted molar refractivity (Wildman–Crippen MR) is 91.9 cm³/mol. The van der Waals surface area contributed by atoms with Crippen molar-refractivity contribution in [2.45, 2.75) is 46.7 Å². The van der Waals surface area contributed by atoms with Crippen molar-refractivity contribution in [3.63, 3.8) is 0 Å². The number of fused-ring (bicyclic) bond motifs is 1. The van der Waals surface area contributed by atoms with E-state index in [1.165, 1.54) is 0 Å². The number of nitrogens with zero attached hydrogens (tertiary/aromatic N) is 3. The SMILES string of the molecule is CCc1nc(C)c(C(=O)NCc2nc3ccccc3n2C(C)C)o1. The maximum Gasteiger partial charge on any atom is 0.289 e. The Morgan fingerprint density at radius 2 is 2.04 bits per heavy atom. The van der Waals surface area contributed by atoms with Crippen LogP contribution in [0.4, 0.5) is 0 Å². The van der Waals surface area contributed by atoms with Crippen molar-refractivity contribution in [3.05, 3.63) is 47.4 Å². The number of imidazole rings is 1. The third-order valence-electron chi connectivity index (χ3n) is 3.94. The van der Waals surface area contributed by atoms with Crippen LogP contribution in [-0.2, 0) is 13.0 Å². The highest BCUT2D eigenvalue weighted by molar-refractivity contribution is 5.92. The van der Waals surface area contributed by atoms with E-state index >= 15 is 0 Å². The van der Waals surface area contributed by atoms with Gasteiger partial charge in [-0.2, -0.15) is 0 Å². The lowest BCUT2D eigenvalue weighted by Gasteiger charge is -2.13. The first kappa shape index (κ1) is 16.2. The van der Waals surface area contributed by atoms with Crippen LogP contribution in [0.3, 0.4) is 0 Å². The molecule has 0 aliphatic carbocycles. The molecule has 0 aliphatic heterocycles. The molecule has 0 unspecified atom stereocenters. The molecule has 3 aromatic rings. The van der Waals surface area contributed by atoms with Crippen LogP contribution in [0, 0.1) is 6.92 Å². The second kappa shape index (κ2) is 6.47. The van der Waals surface area contributed by atoms with E-state index < -0.39 is 0 Å². The molecule has 6 nitrogen and oxygen atoms in total. The van der Waals surface area contributed by atoms with E-state index in [9.17, 15) is 4.79 Å². The Balaban J connectivity index is 1.83. The van der Waals surface area contributed by atoms with Crippen LogP contribution in [0.5, 0.6) is 0 Å². The number of benzene rings is 1. The second-order valence-electron chi connectivity index (χ2n) is 6.04. The number of hydrogen-bond donors (Lipinski definition) is 1. The molecule has 24 heavy (non-hydrogen) atoms. The Morgan fingerprint density at radius 1 is 1.29 bits per heavy atom. The highest BCUT2D eigenvalue weighted by Gasteiger charge is 2.18. The number of aryl methyl sites for hydroxylation is 2. The zero-order valence-corrected chi connectivity index (χ0v) is 14.5. The van der Waals surface area contributed by atoms with E-state index in [0.717, 1.165) is 16.9 Å². The Labute approximate surface area is 140 Å². The van der Waals surface area contributed by atoms with Gasteiger partial charge < -0.3 is 14.3 Å². The van der Waals surface area contributed by atoms with Gasteiger partial charge in [0, 0.05) is 12.5 Å². The summed E-state index contributed by atoms with van der Waals surface area (Å²) in [6.45, 7) is 8.27. The van der Waals surface area contributed by atoms with Gasteiger partial charge in [-0.25, -0.2) is 9.97 Å². The van der Waals surface area contributed by atoms with E-state index in [1.807, 2.05) is 31.2 Å². The molecule has 0 saturated heterocycles. The molecule has 0 radical (unpaired) electrons. The summed E-state index contributed by atoms with van der Waals surface area (Å²) in [5, 5.41) is 2.89. The molecule has 0 atom stereocenters. The average Bonchev–Trinajstić information content (AvgIpc) is 3.12. The maximum absolute atomic E-state index is 12.4. The van der Waals surface area contributed by atoms with Gasteiger partial charge in [-0.15, -0.1) is 0 Å². The molecule has 0 aliphatic rings. The number of carbonyl (C=O) groups excluding carboxylic acids is 1. The normalized spacial score (nSPS) is 11.4. The van der Waals surface area contributed by atoms with E-state index in [1.54, 1.807) is 6.92 Å². The highest BCUT2D eigenvalue weighted by atomic mass is 16.4. The van der Waals surface area contributed by atoms with Crippen molar-refractivity contribution in [3.8, 4) is 0 Å². The molecule has 1 N–H and O–H groups in total. The van der Waals surface area contributed by atoms with E-state index in [0.29, 0.717) is 24.6 Å². The lowest BCUT2D eigenvalue weighted by Crippen LogP contribution is -2.25. The number of carbonyl (C=O) groups is 1. The number of aromatic nitrogens is 3. The molecule has 2 heterocycles. The standard InChI is InChI=1S/C18H22N4O2/c1-5-16-20-12(4)17(24-16)18(23)19-10-15-21-13-8-6-7-9-14(13)22(15)11(2)3/h6-9,11H,5,10H2,1-4H3,(H,19,23). The number of oxazole rings is 1. The Hall–Kier alpha value is -2.63. The van der Waals surface area contributed by atoms with Gasteiger partial charge in [0.05, 0.1) is 23.3 Å². The fourth-order valence-electron chi connectivity index (χ4n) is 2.85. The maximum atomic E-state index is 12.4. The molecular formula is C18H22N4O2. The summed E-state index contributed by atoms with van der Waals surface area (Å²) in [6.07, 6.45) is 0.664. The van der Waals surface area contributed by atoms with Crippen LogP contribution in [0.25, 0.3) is 11.0 Å². The van der Waals surface area contributed by atoms with E-state index in [-0.39, 0.29) is 17.7 Å². The van der Waals surface area contributed by atoms with Gasteiger partial charge >= 0.3 is 0 Å². The zero-order chi connectivity index (χ0) is 17.3. The summed E-state index contributed by atoms with van der Waals surface area (Å²) >= 11 is 0. The van der Waals surface area contributed by atoms with Gasteiger partial charge in [-0.3, -0.25) is 4.79 Å². The molecule has 0 saturated carbocycles. The Bertz CT molecular complexity index is 876. The fourth-order valence-corrected chi connectivity index (χ4v) is 2.85. The average molecular weight is 326 g/mol. The van der Waals surface area contributed by atoms with Crippen molar-refractivity contribution >= 4 is 16.9 Å². The summed E-state index contributed by atoms with van der Waals surface area (Å²) in [5.74, 6) is 1.42. The van der Waals surface area contributed by atoms with Crippen LogP contribution in [-0.4, -0.2) is 20.4 Å². The lowest BCUT2D eigenvalue weighted by molar-refractivity contribution is 0.0919. The first-order valence-corrected chi connectivity index (χ1v) is 8.21. The molecule has 0 spiro atoms. The van der Waals surface area contributed by atoms with Crippen LogP contribution < -0.4 is 5.32 Å². The van der Waals surface area contributed by atoms with Gasteiger partial charge in [-0.05, 0) is 32.9 Å². The minimum absolute atomic E-state index is 0.253. The van der Waals surface area contributed by atoms with Crippen molar-refractivity contribution in [1.82, 2.24) is 19.9 Å². The first-order valence-electron chi connectivity index (χ1n) is 8.21. The molecule has 2 aromatic heterocycles. The van der Waals surface area contributed by atoms with Gasteiger partial charge in [0.15, 0.2) is 5.89 Å². The summed E-state index contributed by atoms with van der Waals surface area (Å²) in [7, 11) is 0. The predicted octanol–water partition coefficient (Wildman–Crippen LogP) is 3.41. The van der Waals surface area contributed by atoms with E-state index in [2.05, 4.69) is 33.7 Å². The third kappa shape index (κ3) is 2.91. The molecule has 0 bridgehead atoms. The van der Waals surface area contributed by atoms with Crippen LogP contribution in [0.2, 0.25) is 0 Å². The number of rotatable bonds is 5. The second-order valence-corrected chi connectivity index (χ2v) is 6.04. The number of para-hydroxylation sites is 2. The summed E-state index contributed by atoms with van der Waals surface area (Å²) in [6, 6.07) is 8.24. The third-order valence-corrected chi connectivity index (χ3v) is 3.94. The smallest absolute Gasteiger partial charge is 0.289 e. The molecule has 6 heteroatoms. The summed E-state index contributed by atoms with van der Waals surface area (Å²) in [4.78, 5) is 21.3. The van der Waals surface area contributed by atoms with E-state index in [4.69, 9.17) is 4.42 Å². The topological polar surface area (TPSA) is 73.0 Å². The highest BCUT2D eigenvalue weighted by Crippen LogP contribution is 2.21. The molecule has 1 amide bonds. The van der Waals surface area contributed by atoms with Crippen molar-refractivity contribution < 1.29 is 9.21 Å². The minimum atomic E-state index is -0.262. The summed E-state index contributed by atoms with van der Waals surface area (Å²) < 4.78 is 7.64. The minimum Gasteiger partial charge on any atom is -0.435 e. The summed E-state index contributed by atoms with van der Waals surface area (Å²) in [5.41, 5.74) is 2.61. The number of hydrogen-bond acceptors (Lipinski definition) is 4. The molecular weight excluding hydrogens is 304 g/mol. The van der Waals surface area contributed by atoms with Crippen LogP contribution in [0.1, 0.15) is 54.8 Å². The van der Waals surface area contributed by atoms with Crippen molar-refractivity contribution in [1.29, 1.82) is 0 Å².